The molecule has 0 radical (unpaired) electrons. The summed E-state index contributed by atoms with van der Waals surface area (Å²) >= 11 is 0. The van der Waals surface area contributed by atoms with Crippen LogP contribution in [0.25, 0.3) is 11.2 Å². The Labute approximate surface area is 116 Å². The van der Waals surface area contributed by atoms with E-state index < -0.39 is 0 Å². The van der Waals surface area contributed by atoms with E-state index in [1.807, 2.05) is 32.0 Å². The first-order valence-electron chi connectivity index (χ1n) is 6.32. The molecule has 0 bridgehead atoms. The monoisotopic (exact) mass is 266 g/mol. The smallest absolute Gasteiger partial charge is 0.257 e. The van der Waals surface area contributed by atoms with Crippen molar-refractivity contribution in [3.8, 4) is 0 Å². The maximum Gasteiger partial charge on any atom is 0.257 e. The van der Waals surface area contributed by atoms with Crippen LogP contribution in [0.2, 0.25) is 0 Å². The van der Waals surface area contributed by atoms with E-state index in [1.54, 1.807) is 12.4 Å². The molecule has 0 spiro atoms. The van der Waals surface area contributed by atoms with E-state index >= 15 is 0 Å². The molecule has 2 heterocycles. The number of carbonyl (C=O) groups is 1. The summed E-state index contributed by atoms with van der Waals surface area (Å²) in [7, 11) is 0. The first-order chi connectivity index (χ1) is 9.65. The SMILES string of the molecule is Cc1cccc(C)c1NC(=O)c1cnc2nc[nH]c2c1. The van der Waals surface area contributed by atoms with Gasteiger partial charge in [0.25, 0.3) is 5.91 Å². The molecule has 3 rings (SSSR count). The van der Waals surface area contributed by atoms with E-state index in [1.165, 1.54) is 6.20 Å². The Hall–Kier alpha value is -2.69. The van der Waals surface area contributed by atoms with Crippen LogP contribution in [0.4, 0.5) is 5.69 Å². The number of H-pyrrole nitrogens is 1. The van der Waals surface area contributed by atoms with Crippen LogP contribution in [0, 0.1) is 13.8 Å². The van der Waals surface area contributed by atoms with E-state index in [9.17, 15) is 4.79 Å². The molecule has 0 unspecified atom stereocenters. The number of hydrogen-bond acceptors (Lipinski definition) is 3. The van der Waals surface area contributed by atoms with Gasteiger partial charge in [-0.1, -0.05) is 18.2 Å². The van der Waals surface area contributed by atoms with E-state index in [0.717, 1.165) is 22.3 Å². The molecule has 3 aromatic rings. The number of nitrogens with one attached hydrogen (secondary N) is 2. The number of aromatic nitrogens is 3. The van der Waals surface area contributed by atoms with Crippen LogP contribution in [0.3, 0.4) is 0 Å². The van der Waals surface area contributed by atoms with Crippen LogP contribution in [0.1, 0.15) is 21.5 Å². The number of hydrogen-bond donors (Lipinski definition) is 2. The third kappa shape index (κ3) is 2.14. The number of aromatic amines is 1. The summed E-state index contributed by atoms with van der Waals surface area (Å²) in [5.74, 6) is -0.175. The second kappa shape index (κ2) is 4.77. The summed E-state index contributed by atoms with van der Waals surface area (Å²) in [6.45, 7) is 3.94. The highest BCUT2D eigenvalue weighted by molar-refractivity contribution is 6.06. The third-order valence-electron chi connectivity index (χ3n) is 3.26. The van der Waals surface area contributed by atoms with Crippen LogP contribution >= 0.6 is 0 Å². The number of aryl methyl sites for hydroxylation is 2. The fourth-order valence-electron chi connectivity index (χ4n) is 2.15. The average molecular weight is 266 g/mol. The van der Waals surface area contributed by atoms with Gasteiger partial charge in [-0.15, -0.1) is 0 Å². The van der Waals surface area contributed by atoms with Gasteiger partial charge in [-0.25, -0.2) is 9.97 Å². The molecule has 0 aliphatic carbocycles. The lowest BCUT2D eigenvalue weighted by molar-refractivity contribution is 0.102. The molecule has 0 saturated carbocycles. The molecule has 0 saturated heterocycles. The highest BCUT2D eigenvalue weighted by Crippen LogP contribution is 2.20. The normalized spacial score (nSPS) is 10.7. The van der Waals surface area contributed by atoms with Gasteiger partial charge in [0, 0.05) is 11.9 Å². The zero-order valence-electron chi connectivity index (χ0n) is 11.3. The predicted octanol–water partition coefficient (Wildman–Crippen LogP) is 2.83. The number of nitrogens with zero attached hydrogens (tertiary/aromatic N) is 2. The minimum Gasteiger partial charge on any atom is -0.343 e. The Bertz CT molecular complexity index is 771. The Balaban J connectivity index is 1.92. The third-order valence-corrected chi connectivity index (χ3v) is 3.26. The zero-order chi connectivity index (χ0) is 14.1. The van der Waals surface area contributed by atoms with Crippen LogP contribution in [-0.4, -0.2) is 20.9 Å². The fraction of sp³-hybridized carbons (Fsp3) is 0.133. The van der Waals surface area contributed by atoms with Gasteiger partial charge in [-0.3, -0.25) is 4.79 Å². The van der Waals surface area contributed by atoms with Crippen molar-refractivity contribution in [2.45, 2.75) is 13.8 Å². The number of carbonyl (C=O) groups excluding carboxylic acids is 1. The number of amides is 1. The van der Waals surface area contributed by atoms with Crippen molar-refractivity contribution in [1.29, 1.82) is 0 Å². The van der Waals surface area contributed by atoms with Gasteiger partial charge in [0.05, 0.1) is 17.4 Å². The van der Waals surface area contributed by atoms with Crippen molar-refractivity contribution in [2.24, 2.45) is 0 Å². The van der Waals surface area contributed by atoms with Crippen molar-refractivity contribution in [2.75, 3.05) is 5.32 Å². The number of imidazole rings is 1. The Kier molecular flexibility index (Phi) is 2.95. The minimum atomic E-state index is -0.175. The first kappa shape index (κ1) is 12.3. The number of pyridine rings is 1. The summed E-state index contributed by atoms with van der Waals surface area (Å²) < 4.78 is 0. The van der Waals surface area contributed by atoms with Gasteiger partial charge in [0.15, 0.2) is 5.65 Å². The molecule has 1 aromatic carbocycles. The number of fused-ring (bicyclic) bond motifs is 1. The molecule has 100 valence electrons. The van der Waals surface area contributed by atoms with E-state index in [-0.39, 0.29) is 5.91 Å². The topological polar surface area (TPSA) is 70.7 Å². The van der Waals surface area contributed by atoms with Gasteiger partial charge in [-0.05, 0) is 31.0 Å². The number of rotatable bonds is 2. The van der Waals surface area contributed by atoms with Crippen LogP contribution in [0.15, 0.2) is 36.8 Å². The van der Waals surface area contributed by atoms with Crippen molar-refractivity contribution in [1.82, 2.24) is 15.0 Å². The second-order valence-corrected chi connectivity index (χ2v) is 4.72. The van der Waals surface area contributed by atoms with Crippen molar-refractivity contribution in [3.63, 3.8) is 0 Å². The fourth-order valence-corrected chi connectivity index (χ4v) is 2.15. The van der Waals surface area contributed by atoms with Crippen LogP contribution in [0.5, 0.6) is 0 Å². The Morgan fingerprint density at radius 2 is 1.95 bits per heavy atom. The lowest BCUT2D eigenvalue weighted by Gasteiger charge is -2.11. The molecule has 2 aromatic heterocycles. The molecular formula is C15H14N4O. The molecule has 5 nitrogen and oxygen atoms in total. The number of anilines is 1. The second-order valence-electron chi connectivity index (χ2n) is 4.72. The maximum atomic E-state index is 12.3. The van der Waals surface area contributed by atoms with Crippen molar-refractivity contribution >= 4 is 22.8 Å². The Morgan fingerprint density at radius 3 is 2.70 bits per heavy atom. The molecule has 0 aliphatic rings. The largest absolute Gasteiger partial charge is 0.343 e. The summed E-state index contributed by atoms with van der Waals surface area (Å²) in [5, 5.41) is 2.94. The van der Waals surface area contributed by atoms with E-state index in [4.69, 9.17) is 0 Å². The quantitative estimate of drug-likeness (QED) is 0.749. The zero-order valence-corrected chi connectivity index (χ0v) is 11.3. The number of benzene rings is 1. The highest BCUT2D eigenvalue weighted by Gasteiger charge is 2.11. The van der Waals surface area contributed by atoms with Gasteiger partial charge in [0.2, 0.25) is 0 Å². The van der Waals surface area contributed by atoms with Gasteiger partial charge >= 0.3 is 0 Å². The van der Waals surface area contributed by atoms with Gasteiger partial charge < -0.3 is 10.3 Å². The van der Waals surface area contributed by atoms with Crippen LogP contribution < -0.4 is 5.32 Å². The maximum absolute atomic E-state index is 12.3. The predicted molar refractivity (Wildman–Crippen MR) is 77.8 cm³/mol. The average Bonchev–Trinajstić information content (AvgIpc) is 2.90. The first-order valence-corrected chi connectivity index (χ1v) is 6.32. The lowest BCUT2D eigenvalue weighted by Crippen LogP contribution is -2.14. The lowest BCUT2D eigenvalue weighted by atomic mass is 10.1. The number of para-hydroxylation sites is 1. The molecule has 5 heteroatoms. The molecule has 0 fully saturated rings. The van der Waals surface area contributed by atoms with E-state index in [0.29, 0.717) is 11.2 Å². The van der Waals surface area contributed by atoms with Crippen molar-refractivity contribution in [3.05, 3.63) is 53.5 Å². The molecule has 0 aliphatic heterocycles. The van der Waals surface area contributed by atoms with Gasteiger partial charge in [-0.2, -0.15) is 0 Å². The summed E-state index contributed by atoms with van der Waals surface area (Å²) in [6, 6.07) is 7.66. The Morgan fingerprint density at radius 1 is 1.20 bits per heavy atom. The summed E-state index contributed by atoms with van der Waals surface area (Å²) in [5.41, 5.74) is 4.78. The summed E-state index contributed by atoms with van der Waals surface area (Å²) in [6.07, 6.45) is 3.09. The van der Waals surface area contributed by atoms with Crippen molar-refractivity contribution < 1.29 is 4.79 Å². The standard InChI is InChI=1S/C15H14N4O/c1-9-4-3-5-10(2)13(9)19-15(20)11-6-12-14(16-7-11)18-8-17-12/h3-8H,1-2H3,(H,19,20)(H,16,17,18). The molecule has 0 atom stereocenters. The highest BCUT2D eigenvalue weighted by atomic mass is 16.1. The molecule has 1 amide bonds. The molecular weight excluding hydrogens is 252 g/mol. The van der Waals surface area contributed by atoms with Gasteiger partial charge in [0.1, 0.15) is 0 Å². The molecule has 20 heavy (non-hydrogen) atoms. The van der Waals surface area contributed by atoms with Crippen LogP contribution in [-0.2, 0) is 0 Å². The summed E-state index contributed by atoms with van der Waals surface area (Å²) in [4.78, 5) is 23.4. The molecule has 2 N–H and O–H groups in total. The van der Waals surface area contributed by atoms with E-state index in [2.05, 4.69) is 20.3 Å². The minimum absolute atomic E-state index is 0.175.